The molecule has 194 valence electrons. The molecule has 1 N–H and O–H groups in total. The molecule has 0 saturated carbocycles. The van der Waals surface area contributed by atoms with E-state index in [1.54, 1.807) is 4.90 Å². The van der Waals surface area contributed by atoms with Crippen LogP contribution in [0.25, 0.3) is 11.4 Å². The number of aryl methyl sites for hydroxylation is 2. The molecule has 2 aromatic carbocycles. The lowest BCUT2D eigenvalue weighted by atomic mass is 9.96. The van der Waals surface area contributed by atoms with Crippen molar-refractivity contribution in [1.82, 2.24) is 14.3 Å². The van der Waals surface area contributed by atoms with Crippen LogP contribution in [0.2, 0.25) is 0 Å². The summed E-state index contributed by atoms with van der Waals surface area (Å²) in [5, 5.41) is 11.6. The third-order valence-electron chi connectivity index (χ3n) is 7.00. The van der Waals surface area contributed by atoms with E-state index in [4.69, 9.17) is 4.74 Å². The molecule has 1 aliphatic rings. The van der Waals surface area contributed by atoms with E-state index in [-0.39, 0.29) is 11.3 Å². The average molecular weight is 510 g/mol. The zero-order valence-electron chi connectivity index (χ0n) is 21.8. The minimum atomic E-state index is -0.746. The number of likely N-dealkylation sites (tertiary alicyclic amines) is 1. The molecule has 3 heterocycles. The molecule has 1 amide bonds. The third-order valence-corrected chi connectivity index (χ3v) is 7.00. The molecular weight excluding hydrogens is 478 g/mol. The van der Waals surface area contributed by atoms with E-state index in [0.717, 1.165) is 23.1 Å². The lowest BCUT2D eigenvalue weighted by molar-refractivity contribution is -0.139. The molecule has 1 atom stereocenters. The minimum Gasteiger partial charge on any atom is -0.505 e. The molecule has 5 rings (SSSR count). The summed E-state index contributed by atoms with van der Waals surface area (Å²) in [7, 11) is 0. The number of imidazole rings is 1. The number of aliphatic hydroxyl groups excluding tert-OH is 1. The molecule has 1 saturated heterocycles. The first-order valence-electron chi connectivity index (χ1n) is 12.9. The van der Waals surface area contributed by atoms with Gasteiger partial charge in [0.15, 0.2) is 5.76 Å². The van der Waals surface area contributed by atoms with Crippen LogP contribution in [0.5, 0.6) is 5.75 Å². The second-order valence-corrected chi connectivity index (χ2v) is 9.58. The molecule has 2 aromatic heterocycles. The second kappa shape index (κ2) is 10.5. The largest absolute Gasteiger partial charge is 0.505 e. The van der Waals surface area contributed by atoms with Crippen molar-refractivity contribution in [2.75, 3.05) is 13.2 Å². The monoisotopic (exact) mass is 509 g/mol. The number of rotatable bonds is 8. The maximum absolute atomic E-state index is 13.5. The van der Waals surface area contributed by atoms with Crippen molar-refractivity contribution < 1.29 is 19.4 Å². The number of amides is 1. The summed E-state index contributed by atoms with van der Waals surface area (Å²) in [5.41, 5.74) is 4.46. The summed E-state index contributed by atoms with van der Waals surface area (Å²) in [4.78, 5) is 33.0. The molecule has 0 aliphatic carbocycles. The molecule has 1 aliphatic heterocycles. The number of ether oxygens (including phenoxy) is 1. The smallest absolute Gasteiger partial charge is 0.295 e. The van der Waals surface area contributed by atoms with Crippen LogP contribution in [-0.2, 0) is 16.0 Å². The van der Waals surface area contributed by atoms with Gasteiger partial charge in [0.25, 0.3) is 11.7 Å². The number of benzene rings is 2. The molecule has 1 unspecified atom stereocenters. The third kappa shape index (κ3) is 4.56. The number of pyridine rings is 1. The standard InChI is InChI=1S/C31H31N3O4/c1-4-19-38-24-14-12-23(13-15-24)27-25(28(35)26-21(3)33-17-8-9-20(2)30(33)32-26)29(36)31(37)34(27)18-16-22-10-6-5-7-11-22/h5-15,17,27,35H,4,16,18-19H2,1-3H3/b28-25+. The molecule has 0 bridgehead atoms. The summed E-state index contributed by atoms with van der Waals surface area (Å²) in [6.45, 7) is 6.75. The van der Waals surface area contributed by atoms with Gasteiger partial charge in [-0.3, -0.25) is 9.59 Å². The summed E-state index contributed by atoms with van der Waals surface area (Å²) >= 11 is 0. The Morgan fingerprint density at radius 3 is 2.42 bits per heavy atom. The highest BCUT2D eigenvalue weighted by Gasteiger charge is 2.46. The second-order valence-electron chi connectivity index (χ2n) is 9.58. The Balaban J connectivity index is 1.61. The van der Waals surface area contributed by atoms with Crippen LogP contribution in [0.3, 0.4) is 0 Å². The van der Waals surface area contributed by atoms with E-state index < -0.39 is 17.7 Å². The van der Waals surface area contributed by atoms with Crippen molar-refractivity contribution in [2.45, 2.75) is 39.7 Å². The fourth-order valence-electron chi connectivity index (χ4n) is 4.99. The van der Waals surface area contributed by atoms with Crippen LogP contribution in [0, 0.1) is 13.8 Å². The van der Waals surface area contributed by atoms with Crippen molar-refractivity contribution in [3.05, 3.63) is 107 Å². The van der Waals surface area contributed by atoms with Crippen molar-refractivity contribution >= 4 is 23.1 Å². The van der Waals surface area contributed by atoms with Gasteiger partial charge in [-0.15, -0.1) is 0 Å². The highest BCUT2D eigenvalue weighted by atomic mass is 16.5. The van der Waals surface area contributed by atoms with Gasteiger partial charge in [0.1, 0.15) is 17.1 Å². The molecule has 38 heavy (non-hydrogen) atoms. The van der Waals surface area contributed by atoms with Crippen LogP contribution in [0.4, 0.5) is 0 Å². The number of aromatic nitrogens is 2. The Morgan fingerprint density at radius 2 is 1.74 bits per heavy atom. The van der Waals surface area contributed by atoms with Crippen LogP contribution in [-0.4, -0.2) is 44.2 Å². The number of nitrogens with zero attached hydrogens (tertiary/aromatic N) is 3. The highest BCUT2D eigenvalue weighted by molar-refractivity contribution is 6.46. The number of carbonyl (C=O) groups excluding carboxylic acids is 2. The van der Waals surface area contributed by atoms with Gasteiger partial charge < -0.3 is 19.1 Å². The fourth-order valence-corrected chi connectivity index (χ4v) is 4.99. The maximum Gasteiger partial charge on any atom is 0.295 e. The van der Waals surface area contributed by atoms with Crippen molar-refractivity contribution in [3.63, 3.8) is 0 Å². The van der Waals surface area contributed by atoms with E-state index in [9.17, 15) is 14.7 Å². The Labute approximate surface area is 222 Å². The Morgan fingerprint density at radius 1 is 1.00 bits per heavy atom. The van der Waals surface area contributed by atoms with E-state index in [0.29, 0.717) is 42.4 Å². The molecule has 4 aromatic rings. The first-order valence-corrected chi connectivity index (χ1v) is 12.9. The maximum atomic E-state index is 13.5. The molecule has 0 radical (unpaired) electrons. The number of carbonyl (C=O) groups is 2. The van der Waals surface area contributed by atoms with Gasteiger partial charge in [0, 0.05) is 12.7 Å². The van der Waals surface area contributed by atoms with Crippen molar-refractivity contribution in [3.8, 4) is 5.75 Å². The highest BCUT2D eigenvalue weighted by Crippen LogP contribution is 2.40. The van der Waals surface area contributed by atoms with E-state index in [1.165, 1.54) is 0 Å². The number of Topliss-reactive ketones (excluding diaryl/α,β-unsaturated/α-hetero) is 1. The van der Waals surface area contributed by atoms with E-state index in [1.807, 2.05) is 98.1 Å². The van der Waals surface area contributed by atoms with Crippen molar-refractivity contribution in [1.29, 1.82) is 0 Å². The average Bonchev–Trinajstić information content (AvgIpc) is 3.41. The van der Waals surface area contributed by atoms with E-state index >= 15 is 0 Å². The molecule has 1 fully saturated rings. The van der Waals surface area contributed by atoms with Crippen LogP contribution in [0.1, 0.15) is 47.5 Å². The molecule has 7 heteroatoms. The lowest BCUT2D eigenvalue weighted by Crippen LogP contribution is -2.31. The molecule has 0 spiro atoms. The first-order chi connectivity index (χ1) is 18.4. The normalized spacial score (nSPS) is 16.9. The molecular formula is C31H31N3O4. The lowest BCUT2D eigenvalue weighted by Gasteiger charge is -2.25. The zero-order chi connectivity index (χ0) is 26.8. The van der Waals surface area contributed by atoms with Crippen LogP contribution < -0.4 is 4.74 Å². The Kier molecular flexibility index (Phi) is 7.01. The zero-order valence-corrected chi connectivity index (χ0v) is 21.8. The Bertz CT molecular complexity index is 1520. The van der Waals surface area contributed by atoms with Gasteiger partial charge in [-0.05, 0) is 61.6 Å². The predicted octanol–water partition coefficient (Wildman–Crippen LogP) is 5.40. The van der Waals surface area contributed by atoms with Gasteiger partial charge in [-0.1, -0.05) is 55.5 Å². The topological polar surface area (TPSA) is 84.1 Å². The van der Waals surface area contributed by atoms with Crippen molar-refractivity contribution in [2.24, 2.45) is 0 Å². The minimum absolute atomic E-state index is 0.0504. The van der Waals surface area contributed by atoms with Crippen LogP contribution >= 0.6 is 0 Å². The van der Waals surface area contributed by atoms with Gasteiger partial charge >= 0.3 is 0 Å². The van der Waals surface area contributed by atoms with Gasteiger partial charge in [-0.25, -0.2) is 4.98 Å². The fraction of sp³-hybridized carbons (Fsp3) is 0.258. The predicted molar refractivity (Wildman–Crippen MR) is 146 cm³/mol. The van der Waals surface area contributed by atoms with Gasteiger partial charge in [-0.2, -0.15) is 0 Å². The number of hydrogen-bond donors (Lipinski definition) is 1. The van der Waals surface area contributed by atoms with Gasteiger partial charge in [0.2, 0.25) is 0 Å². The molecule has 7 nitrogen and oxygen atoms in total. The number of fused-ring (bicyclic) bond motifs is 1. The quantitative estimate of drug-likeness (QED) is 0.195. The summed E-state index contributed by atoms with van der Waals surface area (Å²) in [6.07, 6.45) is 3.33. The van der Waals surface area contributed by atoms with Gasteiger partial charge in [0.05, 0.1) is 23.9 Å². The first kappa shape index (κ1) is 25.3. The van der Waals surface area contributed by atoms with Crippen LogP contribution in [0.15, 0.2) is 78.5 Å². The Hall–Kier alpha value is -4.39. The summed E-state index contributed by atoms with van der Waals surface area (Å²) < 4.78 is 7.61. The number of hydrogen-bond acceptors (Lipinski definition) is 5. The summed E-state index contributed by atoms with van der Waals surface area (Å²) in [6, 6.07) is 20.3. The number of ketones is 1. The number of aliphatic hydroxyl groups is 1. The SMILES string of the molecule is CCCOc1ccc(C2/C(=C(\O)c3nc4c(C)cccn4c3C)C(=O)C(=O)N2CCc2ccccc2)cc1. The summed E-state index contributed by atoms with van der Waals surface area (Å²) in [5.74, 6) is -0.887. The van der Waals surface area contributed by atoms with E-state index in [2.05, 4.69) is 4.98 Å².